The Hall–Kier alpha value is -1.27. The summed E-state index contributed by atoms with van der Waals surface area (Å²) in [6, 6.07) is 5.93. The van der Waals surface area contributed by atoms with E-state index in [2.05, 4.69) is 9.03 Å². The number of carbonyl (C=O) groups is 1. The Kier molecular flexibility index (Phi) is 4.77. The third kappa shape index (κ3) is 5.06. The molecule has 0 aliphatic rings. The predicted molar refractivity (Wildman–Crippen MR) is 53.4 cm³/mol. The Morgan fingerprint density at radius 2 is 2.06 bits per heavy atom. The summed E-state index contributed by atoms with van der Waals surface area (Å²) < 4.78 is 42.7. The normalized spacial score (nSPS) is 11.3. The summed E-state index contributed by atoms with van der Waals surface area (Å²) in [6.45, 7) is -0.511. The van der Waals surface area contributed by atoms with Gasteiger partial charge in [-0.15, -0.1) is 13.2 Å². The fourth-order valence-electron chi connectivity index (χ4n) is 1.18. The summed E-state index contributed by atoms with van der Waals surface area (Å²) in [5, 5.41) is 0. The number of carbonyl (C=O) groups excluding carboxylic acids is 1. The van der Waals surface area contributed by atoms with Crippen molar-refractivity contribution >= 4 is 17.8 Å². The van der Waals surface area contributed by atoms with E-state index < -0.39 is 18.9 Å². The molecule has 0 aliphatic carbocycles. The zero-order chi connectivity index (χ0) is 12.9. The fourth-order valence-corrected chi connectivity index (χ4v) is 1.27. The van der Waals surface area contributed by atoms with Crippen LogP contribution in [0.15, 0.2) is 24.3 Å². The van der Waals surface area contributed by atoms with Crippen molar-refractivity contribution in [3.8, 4) is 0 Å². The fraction of sp³-hybridized carbons (Fsp3) is 0.300. The van der Waals surface area contributed by atoms with Gasteiger partial charge in [-0.25, -0.2) is 4.79 Å². The van der Waals surface area contributed by atoms with Crippen LogP contribution in [0.1, 0.15) is 15.9 Å². The molecule has 3 nitrogen and oxygen atoms in total. The van der Waals surface area contributed by atoms with E-state index in [0.29, 0.717) is 5.56 Å². The van der Waals surface area contributed by atoms with Gasteiger partial charge in [-0.3, -0.25) is 4.74 Å². The maximum Gasteiger partial charge on any atom is 0.522 e. The van der Waals surface area contributed by atoms with Crippen molar-refractivity contribution in [2.24, 2.45) is 0 Å². The molecule has 1 aromatic carbocycles. The van der Waals surface area contributed by atoms with Gasteiger partial charge in [0.25, 0.3) is 0 Å². The first-order valence-electron chi connectivity index (χ1n) is 4.55. The van der Waals surface area contributed by atoms with Crippen LogP contribution in [0.3, 0.4) is 0 Å². The van der Waals surface area contributed by atoms with Crippen molar-refractivity contribution in [1.82, 2.24) is 0 Å². The minimum absolute atomic E-state index is 0.0307. The van der Waals surface area contributed by atoms with Gasteiger partial charge in [-0.2, -0.15) is 0 Å². The number of hydrogen-bond donors (Lipinski definition) is 0. The monoisotopic (exact) mass is 268 g/mol. The lowest BCUT2D eigenvalue weighted by molar-refractivity contribution is -0.324. The van der Waals surface area contributed by atoms with Crippen molar-refractivity contribution in [1.29, 1.82) is 0 Å². The molecule has 0 saturated carbocycles. The SMILES string of the molecule is O=C(OCl)c1cccc(CCOC(F)(F)F)c1. The Labute approximate surface area is 100 Å². The van der Waals surface area contributed by atoms with E-state index in [4.69, 9.17) is 11.9 Å². The maximum atomic E-state index is 11.7. The third-order valence-corrected chi connectivity index (χ3v) is 2.03. The number of ether oxygens (including phenoxy) is 1. The van der Waals surface area contributed by atoms with Crippen LogP contribution in [0, 0.1) is 0 Å². The smallest absolute Gasteiger partial charge is 0.343 e. The molecule has 0 aliphatic heterocycles. The Morgan fingerprint density at radius 1 is 1.35 bits per heavy atom. The molecule has 0 spiro atoms. The Bertz CT molecular complexity index is 393. The van der Waals surface area contributed by atoms with E-state index in [1.54, 1.807) is 6.07 Å². The van der Waals surface area contributed by atoms with E-state index in [1.807, 2.05) is 0 Å². The summed E-state index contributed by atoms with van der Waals surface area (Å²) in [5.74, 6) is -0.759. The topological polar surface area (TPSA) is 35.5 Å². The van der Waals surface area contributed by atoms with Gasteiger partial charge < -0.3 is 4.29 Å². The van der Waals surface area contributed by atoms with Crippen LogP contribution in [0.2, 0.25) is 0 Å². The summed E-state index contributed by atoms with van der Waals surface area (Å²) in [4.78, 5) is 11.0. The molecule has 94 valence electrons. The van der Waals surface area contributed by atoms with Gasteiger partial charge in [0.2, 0.25) is 0 Å². The molecule has 0 fully saturated rings. The quantitative estimate of drug-likeness (QED) is 0.842. The summed E-state index contributed by atoms with van der Waals surface area (Å²) >= 11 is 4.88. The molecule has 0 heterocycles. The van der Waals surface area contributed by atoms with Gasteiger partial charge in [-0.05, 0) is 24.1 Å². The van der Waals surface area contributed by atoms with Crippen LogP contribution in [0.5, 0.6) is 0 Å². The highest BCUT2D eigenvalue weighted by molar-refractivity contribution is 6.15. The number of benzene rings is 1. The molecule has 1 aromatic rings. The van der Waals surface area contributed by atoms with Crippen molar-refractivity contribution in [3.05, 3.63) is 35.4 Å². The summed E-state index contributed by atoms with van der Waals surface area (Å²) in [7, 11) is 0. The second-order valence-electron chi connectivity index (χ2n) is 3.11. The van der Waals surface area contributed by atoms with Crippen molar-refractivity contribution in [2.75, 3.05) is 6.61 Å². The van der Waals surface area contributed by atoms with Crippen LogP contribution < -0.4 is 0 Å². The van der Waals surface area contributed by atoms with Gasteiger partial charge >= 0.3 is 12.3 Å². The molecule has 7 heteroatoms. The molecule has 0 saturated heterocycles. The number of halogens is 4. The summed E-state index contributed by atoms with van der Waals surface area (Å²) in [6.07, 6.45) is -4.62. The number of alkyl halides is 3. The maximum absolute atomic E-state index is 11.7. The molecule has 0 unspecified atom stereocenters. The minimum atomic E-state index is -4.65. The van der Waals surface area contributed by atoms with Crippen LogP contribution in [0.25, 0.3) is 0 Å². The molecule has 0 bridgehead atoms. The van der Waals surface area contributed by atoms with Crippen molar-refractivity contribution in [2.45, 2.75) is 12.8 Å². The van der Waals surface area contributed by atoms with E-state index in [1.165, 1.54) is 18.2 Å². The number of rotatable bonds is 4. The van der Waals surface area contributed by atoms with E-state index in [9.17, 15) is 18.0 Å². The average Bonchev–Trinajstić information content (AvgIpc) is 2.27. The third-order valence-electron chi connectivity index (χ3n) is 1.89. The van der Waals surface area contributed by atoms with Gasteiger partial charge in [0.1, 0.15) is 11.9 Å². The van der Waals surface area contributed by atoms with E-state index in [0.717, 1.165) is 0 Å². The lowest BCUT2D eigenvalue weighted by atomic mass is 10.1. The number of hydrogen-bond acceptors (Lipinski definition) is 3. The first-order valence-corrected chi connectivity index (χ1v) is 4.86. The molecule has 17 heavy (non-hydrogen) atoms. The minimum Gasteiger partial charge on any atom is -0.343 e. The standard InChI is InChI=1S/C10H8ClF3O3/c11-17-9(15)8-3-1-2-7(6-8)4-5-16-10(12,13)14/h1-3,6H,4-5H2. The highest BCUT2D eigenvalue weighted by Gasteiger charge is 2.28. The highest BCUT2D eigenvalue weighted by atomic mass is 35.5. The molecule has 1 rings (SSSR count). The van der Waals surface area contributed by atoms with Crippen molar-refractivity contribution < 1.29 is 27.0 Å². The van der Waals surface area contributed by atoms with Gasteiger partial charge in [-0.1, -0.05) is 12.1 Å². The molecular weight excluding hydrogens is 261 g/mol. The van der Waals surface area contributed by atoms with Gasteiger partial charge in [0.15, 0.2) is 0 Å². The van der Waals surface area contributed by atoms with E-state index in [-0.39, 0.29) is 12.0 Å². The second kappa shape index (κ2) is 5.88. The molecule has 0 aromatic heterocycles. The second-order valence-corrected chi connectivity index (χ2v) is 3.26. The highest BCUT2D eigenvalue weighted by Crippen LogP contribution is 2.17. The van der Waals surface area contributed by atoms with Crippen LogP contribution in [-0.2, 0) is 15.4 Å². The predicted octanol–water partition coefficient (Wildman–Crippen LogP) is 3.08. The van der Waals surface area contributed by atoms with Crippen molar-refractivity contribution in [3.63, 3.8) is 0 Å². The van der Waals surface area contributed by atoms with Crippen LogP contribution in [-0.4, -0.2) is 18.9 Å². The van der Waals surface area contributed by atoms with Gasteiger partial charge in [0, 0.05) is 0 Å². The first kappa shape index (κ1) is 13.8. The van der Waals surface area contributed by atoms with Gasteiger partial charge in [0.05, 0.1) is 12.2 Å². The van der Waals surface area contributed by atoms with Crippen LogP contribution >= 0.6 is 11.9 Å². The molecular formula is C10H8ClF3O3. The molecule has 0 N–H and O–H groups in total. The lowest BCUT2D eigenvalue weighted by Gasteiger charge is -2.07. The zero-order valence-electron chi connectivity index (χ0n) is 8.46. The largest absolute Gasteiger partial charge is 0.522 e. The average molecular weight is 269 g/mol. The molecule has 0 radical (unpaired) electrons. The van der Waals surface area contributed by atoms with Crippen LogP contribution in [0.4, 0.5) is 13.2 Å². The molecule has 0 atom stereocenters. The molecule has 0 amide bonds. The Balaban J connectivity index is 2.57. The zero-order valence-corrected chi connectivity index (χ0v) is 9.22. The van der Waals surface area contributed by atoms with E-state index >= 15 is 0 Å². The lowest BCUT2D eigenvalue weighted by Crippen LogP contribution is -2.15. The summed E-state index contributed by atoms with van der Waals surface area (Å²) in [5.41, 5.74) is 0.693. The first-order chi connectivity index (χ1) is 7.92. The Morgan fingerprint density at radius 3 is 2.65 bits per heavy atom.